The van der Waals surface area contributed by atoms with Gasteiger partial charge in [-0.3, -0.25) is 0 Å². The average Bonchev–Trinajstić information content (AvgIpc) is 2.61. The predicted molar refractivity (Wildman–Crippen MR) is 95.7 cm³/mol. The average molecular weight is 303 g/mol. The van der Waals surface area contributed by atoms with Gasteiger partial charge >= 0.3 is 0 Å². The first-order valence-electron chi connectivity index (χ1n) is 7.78. The molecule has 23 heavy (non-hydrogen) atoms. The summed E-state index contributed by atoms with van der Waals surface area (Å²) in [4.78, 5) is 0. The number of benzene rings is 3. The van der Waals surface area contributed by atoms with Crippen molar-refractivity contribution in [3.05, 3.63) is 96.1 Å². The minimum Gasteiger partial charge on any atom is -0.492 e. The molecule has 3 aromatic carbocycles. The second-order valence-electron chi connectivity index (χ2n) is 5.93. The minimum atomic E-state index is -0.229. The van der Waals surface area contributed by atoms with Crippen LogP contribution in [0.2, 0.25) is 0 Å². The fraction of sp³-hybridized carbons (Fsp3) is 0.143. The Morgan fingerprint density at radius 2 is 1.35 bits per heavy atom. The van der Waals surface area contributed by atoms with Gasteiger partial charge in [-0.05, 0) is 30.2 Å². The Balaban J connectivity index is 1.93. The van der Waals surface area contributed by atoms with Gasteiger partial charge in [-0.15, -0.1) is 0 Å². The molecular formula is C21H21NO. The monoisotopic (exact) mass is 303 g/mol. The van der Waals surface area contributed by atoms with Gasteiger partial charge in [0.2, 0.25) is 0 Å². The molecule has 0 radical (unpaired) electrons. The largest absolute Gasteiger partial charge is 0.492 e. The van der Waals surface area contributed by atoms with Gasteiger partial charge < -0.3 is 10.5 Å². The highest BCUT2D eigenvalue weighted by Crippen LogP contribution is 2.32. The summed E-state index contributed by atoms with van der Waals surface area (Å²) in [6.07, 6.45) is 0. The molecule has 2 N–H and O–H groups in total. The van der Waals surface area contributed by atoms with Crippen LogP contribution in [-0.4, -0.2) is 6.61 Å². The lowest BCUT2D eigenvalue weighted by molar-refractivity contribution is 0.254. The first-order chi connectivity index (χ1) is 11.2. The smallest absolute Gasteiger partial charge is 0.121 e. The summed E-state index contributed by atoms with van der Waals surface area (Å²) in [5, 5.41) is 0. The molecule has 3 rings (SSSR count). The molecular weight excluding hydrogens is 282 g/mol. The van der Waals surface area contributed by atoms with E-state index in [-0.39, 0.29) is 5.41 Å². The van der Waals surface area contributed by atoms with Crippen molar-refractivity contribution < 1.29 is 4.74 Å². The van der Waals surface area contributed by atoms with E-state index < -0.39 is 0 Å². The Morgan fingerprint density at radius 1 is 0.783 bits per heavy atom. The van der Waals surface area contributed by atoms with Crippen molar-refractivity contribution in [2.75, 3.05) is 12.3 Å². The number of rotatable bonds is 5. The van der Waals surface area contributed by atoms with E-state index in [2.05, 4.69) is 55.5 Å². The number of nitrogen functional groups attached to an aromatic ring is 1. The highest BCUT2D eigenvalue weighted by Gasteiger charge is 2.29. The van der Waals surface area contributed by atoms with E-state index in [9.17, 15) is 0 Å². The standard InChI is InChI=1S/C21H21NO/c1-21(17-9-4-2-5-10-17,18-11-6-3-7-12-18)16-23-20-14-8-13-19(22)15-20/h2-15H,16,22H2,1H3. The molecule has 2 heteroatoms. The molecule has 2 nitrogen and oxygen atoms in total. The van der Waals surface area contributed by atoms with Gasteiger partial charge in [0.05, 0.1) is 5.41 Å². The summed E-state index contributed by atoms with van der Waals surface area (Å²) in [5.41, 5.74) is 8.79. The molecule has 3 aromatic rings. The van der Waals surface area contributed by atoms with Crippen LogP contribution in [0.25, 0.3) is 0 Å². The number of nitrogens with two attached hydrogens (primary N) is 1. The topological polar surface area (TPSA) is 35.2 Å². The van der Waals surface area contributed by atoms with Crippen LogP contribution in [0.3, 0.4) is 0 Å². The Morgan fingerprint density at radius 3 is 1.87 bits per heavy atom. The van der Waals surface area contributed by atoms with E-state index in [4.69, 9.17) is 10.5 Å². The molecule has 0 fully saturated rings. The summed E-state index contributed by atoms with van der Waals surface area (Å²) in [5.74, 6) is 0.795. The Hall–Kier alpha value is -2.74. The summed E-state index contributed by atoms with van der Waals surface area (Å²) in [6, 6.07) is 28.5. The number of anilines is 1. The molecule has 0 heterocycles. The molecule has 0 aliphatic carbocycles. The van der Waals surface area contributed by atoms with Gasteiger partial charge in [-0.1, -0.05) is 66.7 Å². The maximum Gasteiger partial charge on any atom is 0.121 e. The highest BCUT2D eigenvalue weighted by atomic mass is 16.5. The number of ether oxygens (including phenoxy) is 1. The van der Waals surface area contributed by atoms with E-state index in [1.54, 1.807) is 0 Å². The molecule has 0 aliphatic heterocycles. The van der Waals surface area contributed by atoms with Crippen molar-refractivity contribution in [2.24, 2.45) is 0 Å². The van der Waals surface area contributed by atoms with Gasteiger partial charge in [0, 0.05) is 11.8 Å². The third-order valence-electron chi connectivity index (χ3n) is 4.21. The van der Waals surface area contributed by atoms with Crippen LogP contribution in [0, 0.1) is 0 Å². The van der Waals surface area contributed by atoms with Crippen molar-refractivity contribution in [1.82, 2.24) is 0 Å². The molecule has 0 saturated carbocycles. The van der Waals surface area contributed by atoms with Crippen molar-refractivity contribution in [3.63, 3.8) is 0 Å². The highest BCUT2D eigenvalue weighted by molar-refractivity contribution is 5.44. The lowest BCUT2D eigenvalue weighted by Crippen LogP contribution is -2.31. The van der Waals surface area contributed by atoms with Crippen LogP contribution >= 0.6 is 0 Å². The number of hydrogen-bond donors (Lipinski definition) is 1. The fourth-order valence-corrected chi connectivity index (χ4v) is 2.78. The van der Waals surface area contributed by atoms with Crippen LogP contribution in [0.5, 0.6) is 5.75 Å². The molecule has 0 atom stereocenters. The summed E-state index contributed by atoms with van der Waals surface area (Å²) in [7, 11) is 0. The molecule has 0 aliphatic rings. The zero-order valence-electron chi connectivity index (χ0n) is 13.3. The lowest BCUT2D eigenvalue weighted by Gasteiger charge is -2.31. The summed E-state index contributed by atoms with van der Waals surface area (Å²) >= 11 is 0. The summed E-state index contributed by atoms with van der Waals surface area (Å²) in [6.45, 7) is 2.76. The Bertz CT molecular complexity index is 714. The first kappa shape index (κ1) is 15.2. The molecule has 0 aromatic heterocycles. The maximum atomic E-state index is 6.08. The minimum absolute atomic E-state index is 0.229. The van der Waals surface area contributed by atoms with Crippen LogP contribution in [0.1, 0.15) is 18.1 Å². The van der Waals surface area contributed by atoms with Crippen LogP contribution in [0.4, 0.5) is 5.69 Å². The normalized spacial score (nSPS) is 11.2. The lowest BCUT2D eigenvalue weighted by atomic mass is 9.77. The van der Waals surface area contributed by atoms with Crippen LogP contribution in [-0.2, 0) is 5.41 Å². The van der Waals surface area contributed by atoms with Gasteiger partial charge in [0.25, 0.3) is 0 Å². The molecule has 0 saturated heterocycles. The Labute approximate surface area is 137 Å². The second kappa shape index (κ2) is 6.57. The van der Waals surface area contributed by atoms with Gasteiger partial charge in [0.15, 0.2) is 0 Å². The summed E-state index contributed by atoms with van der Waals surface area (Å²) < 4.78 is 6.08. The molecule has 0 amide bonds. The third-order valence-corrected chi connectivity index (χ3v) is 4.21. The van der Waals surface area contributed by atoms with E-state index >= 15 is 0 Å². The van der Waals surface area contributed by atoms with Crippen LogP contribution in [0.15, 0.2) is 84.9 Å². The van der Waals surface area contributed by atoms with Crippen LogP contribution < -0.4 is 10.5 Å². The van der Waals surface area contributed by atoms with E-state index in [1.165, 1.54) is 11.1 Å². The van der Waals surface area contributed by atoms with E-state index in [1.807, 2.05) is 36.4 Å². The Kier molecular flexibility index (Phi) is 4.33. The predicted octanol–water partition coefficient (Wildman–Crippen LogP) is 4.65. The van der Waals surface area contributed by atoms with Crippen molar-refractivity contribution in [3.8, 4) is 5.75 Å². The molecule has 0 bridgehead atoms. The van der Waals surface area contributed by atoms with Crippen molar-refractivity contribution >= 4 is 5.69 Å². The zero-order valence-corrected chi connectivity index (χ0v) is 13.3. The van der Waals surface area contributed by atoms with E-state index in [0.717, 1.165) is 5.75 Å². The first-order valence-corrected chi connectivity index (χ1v) is 7.78. The molecule has 116 valence electrons. The van der Waals surface area contributed by atoms with Crippen molar-refractivity contribution in [1.29, 1.82) is 0 Å². The quantitative estimate of drug-likeness (QED) is 0.696. The van der Waals surface area contributed by atoms with Crippen molar-refractivity contribution in [2.45, 2.75) is 12.3 Å². The molecule has 0 spiro atoms. The second-order valence-corrected chi connectivity index (χ2v) is 5.93. The maximum absolute atomic E-state index is 6.08. The zero-order chi connectivity index (χ0) is 16.1. The number of hydrogen-bond acceptors (Lipinski definition) is 2. The van der Waals surface area contributed by atoms with Gasteiger partial charge in [0.1, 0.15) is 12.4 Å². The van der Waals surface area contributed by atoms with Gasteiger partial charge in [-0.25, -0.2) is 0 Å². The SMILES string of the molecule is CC(COc1cccc(N)c1)(c1ccccc1)c1ccccc1. The van der Waals surface area contributed by atoms with Gasteiger partial charge in [-0.2, -0.15) is 0 Å². The third kappa shape index (κ3) is 3.37. The fourth-order valence-electron chi connectivity index (χ4n) is 2.78. The molecule has 0 unspecified atom stereocenters. The van der Waals surface area contributed by atoms with E-state index in [0.29, 0.717) is 12.3 Å².